The van der Waals surface area contributed by atoms with E-state index in [9.17, 15) is 0 Å². The van der Waals surface area contributed by atoms with Crippen molar-refractivity contribution in [3.05, 3.63) is 158 Å². The summed E-state index contributed by atoms with van der Waals surface area (Å²) in [5, 5.41) is 8.03. The molecule has 0 saturated carbocycles. The van der Waals surface area contributed by atoms with Crippen molar-refractivity contribution in [2.75, 3.05) is 0 Å². The average Bonchev–Trinajstić information content (AvgIpc) is 3.77. The Bertz CT molecular complexity index is 2680. The Morgan fingerprint density at radius 1 is 0.188 bits per heavy atom. The zero-order chi connectivity index (χ0) is 31.1. The Morgan fingerprint density at radius 2 is 0.500 bits per heavy atom. The number of hydrogen-bond donors (Lipinski definition) is 0. The van der Waals surface area contributed by atoms with Crippen LogP contribution in [-0.2, 0) is 0 Å². The molecule has 0 heterocycles. The van der Waals surface area contributed by atoms with Crippen LogP contribution in [0, 0.1) is 0 Å². The van der Waals surface area contributed by atoms with Gasteiger partial charge in [0.2, 0.25) is 0 Å². The summed E-state index contributed by atoms with van der Waals surface area (Å²) >= 11 is 0. The highest BCUT2D eigenvalue weighted by atomic mass is 14.3. The minimum atomic E-state index is 1.29. The summed E-state index contributed by atoms with van der Waals surface area (Å²) in [6.07, 6.45) is 0. The van der Waals surface area contributed by atoms with Gasteiger partial charge in [0, 0.05) is 0 Å². The van der Waals surface area contributed by atoms with Crippen molar-refractivity contribution >= 4 is 32.3 Å². The summed E-state index contributed by atoms with van der Waals surface area (Å²) in [5.74, 6) is 0. The Hall–Kier alpha value is -6.24. The fourth-order valence-electron chi connectivity index (χ4n) is 9.37. The van der Waals surface area contributed by atoms with Crippen LogP contribution in [-0.4, -0.2) is 0 Å². The lowest BCUT2D eigenvalue weighted by atomic mass is 9.84. The normalized spacial score (nSPS) is 12.6. The minimum absolute atomic E-state index is 1.29. The van der Waals surface area contributed by atoms with Crippen LogP contribution < -0.4 is 0 Å². The van der Waals surface area contributed by atoms with Gasteiger partial charge in [-0.25, -0.2) is 0 Å². The maximum absolute atomic E-state index is 2.50. The van der Waals surface area contributed by atoms with Crippen molar-refractivity contribution in [1.29, 1.82) is 0 Å². The molecule has 3 aliphatic carbocycles. The fraction of sp³-hybridized carbons (Fsp3) is 0. The minimum Gasteiger partial charge on any atom is -0.0616 e. The molecule has 0 atom stereocenters. The monoisotopic (exact) mass is 602 g/mol. The van der Waals surface area contributed by atoms with Crippen molar-refractivity contribution < 1.29 is 0 Å². The van der Waals surface area contributed by atoms with Gasteiger partial charge in [0.1, 0.15) is 0 Å². The quantitative estimate of drug-likeness (QED) is 0.185. The van der Waals surface area contributed by atoms with Crippen LogP contribution in [0.3, 0.4) is 0 Å². The maximum atomic E-state index is 2.50. The molecule has 0 aromatic heterocycles. The summed E-state index contributed by atoms with van der Waals surface area (Å²) in [7, 11) is 0. The molecule has 0 N–H and O–H groups in total. The van der Waals surface area contributed by atoms with E-state index in [1.807, 2.05) is 0 Å². The van der Waals surface area contributed by atoms with Crippen LogP contribution in [0.2, 0.25) is 0 Å². The maximum Gasteiger partial charge on any atom is -0.00201 e. The zero-order valence-corrected chi connectivity index (χ0v) is 26.0. The zero-order valence-electron chi connectivity index (χ0n) is 26.0. The van der Waals surface area contributed by atoms with E-state index in [0.29, 0.717) is 0 Å². The molecule has 12 rings (SSSR count). The Morgan fingerprint density at radius 3 is 0.938 bits per heavy atom. The molecule has 0 fully saturated rings. The summed E-state index contributed by atoms with van der Waals surface area (Å²) in [6.45, 7) is 0. The molecule has 9 aromatic rings. The van der Waals surface area contributed by atoms with E-state index in [0.717, 1.165) is 0 Å². The SMILES string of the molecule is c1ccc2c(c1)-c1cccc3c(-c4cc5c(cc4-c4ccc6c7c(cccc47)-c4ccccc4-6)-c4cccc6cccc-5c46)ccc-2c13. The van der Waals surface area contributed by atoms with Crippen molar-refractivity contribution in [3.8, 4) is 89.0 Å². The summed E-state index contributed by atoms with van der Waals surface area (Å²) in [5.41, 5.74) is 21.1. The van der Waals surface area contributed by atoms with Crippen LogP contribution in [0.1, 0.15) is 0 Å². The average molecular weight is 603 g/mol. The lowest BCUT2D eigenvalue weighted by molar-refractivity contribution is 1.62. The van der Waals surface area contributed by atoms with Gasteiger partial charge in [-0.05, 0) is 133 Å². The highest BCUT2D eigenvalue weighted by Gasteiger charge is 2.28. The van der Waals surface area contributed by atoms with Gasteiger partial charge < -0.3 is 0 Å². The van der Waals surface area contributed by atoms with E-state index in [1.54, 1.807) is 0 Å². The number of benzene rings is 9. The second-order valence-corrected chi connectivity index (χ2v) is 13.5. The predicted molar refractivity (Wildman–Crippen MR) is 203 cm³/mol. The van der Waals surface area contributed by atoms with Gasteiger partial charge >= 0.3 is 0 Å². The van der Waals surface area contributed by atoms with E-state index in [2.05, 4.69) is 158 Å². The smallest absolute Gasteiger partial charge is 0.00201 e. The standard InChI is InChI=1S/C48H26/c1-3-13-30-28(11-1)34-17-7-19-36-32(21-23-40(30)47(34)36)42-25-44-38-15-5-9-27-10-6-16-39(46(27)38)45(44)26-43(42)33-22-24-41-31-14-4-2-12-29(31)35-18-8-20-37(33)48(35)41/h1-26H. The Balaban J connectivity index is 1.21. The number of rotatable bonds is 2. The molecule has 0 heteroatoms. The molecular weight excluding hydrogens is 577 g/mol. The first-order valence-electron chi connectivity index (χ1n) is 16.9. The molecule has 0 nitrogen and oxygen atoms in total. The first-order valence-corrected chi connectivity index (χ1v) is 16.9. The molecule has 0 unspecified atom stereocenters. The van der Waals surface area contributed by atoms with Crippen LogP contribution in [0.5, 0.6) is 0 Å². The van der Waals surface area contributed by atoms with Gasteiger partial charge in [-0.2, -0.15) is 0 Å². The molecule has 218 valence electrons. The molecule has 0 radical (unpaired) electrons. The van der Waals surface area contributed by atoms with Crippen LogP contribution in [0.25, 0.3) is 121 Å². The largest absolute Gasteiger partial charge is 0.0616 e. The lowest BCUT2D eigenvalue weighted by Crippen LogP contribution is -1.92. The van der Waals surface area contributed by atoms with Gasteiger partial charge in [-0.3, -0.25) is 0 Å². The van der Waals surface area contributed by atoms with Crippen LogP contribution in [0.4, 0.5) is 0 Å². The van der Waals surface area contributed by atoms with Crippen molar-refractivity contribution in [2.45, 2.75) is 0 Å². The summed E-state index contributed by atoms with van der Waals surface area (Å²) < 4.78 is 0. The predicted octanol–water partition coefficient (Wildman–Crippen LogP) is 13.4. The molecule has 9 aromatic carbocycles. The topological polar surface area (TPSA) is 0 Å². The third kappa shape index (κ3) is 2.97. The molecule has 0 amide bonds. The van der Waals surface area contributed by atoms with Gasteiger partial charge in [0.15, 0.2) is 0 Å². The van der Waals surface area contributed by atoms with Crippen molar-refractivity contribution in [3.63, 3.8) is 0 Å². The van der Waals surface area contributed by atoms with Gasteiger partial charge in [0.05, 0.1) is 0 Å². The fourth-order valence-corrected chi connectivity index (χ4v) is 9.37. The van der Waals surface area contributed by atoms with E-state index >= 15 is 0 Å². The Labute approximate surface area is 278 Å². The third-order valence-corrected chi connectivity index (χ3v) is 11.3. The van der Waals surface area contributed by atoms with Gasteiger partial charge in [-0.15, -0.1) is 0 Å². The molecule has 0 aliphatic heterocycles. The second-order valence-electron chi connectivity index (χ2n) is 13.5. The number of hydrogen-bond acceptors (Lipinski definition) is 0. The molecule has 0 spiro atoms. The molecular formula is C48H26. The molecule has 0 bridgehead atoms. The first-order chi connectivity index (χ1) is 23.8. The first kappa shape index (κ1) is 24.9. The third-order valence-electron chi connectivity index (χ3n) is 11.3. The van der Waals surface area contributed by atoms with Crippen LogP contribution >= 0.6 is 0 Å². The van der Waals surface area contributed by atoms with Gasteiger partial charge in [-0.1, -0.05) is 146 Å². The highest BCUT2D eigenvalue weighted by Crippen LogP contribution is 2.56. The summed E-state index contributed by atoms with van der Waals surface area (Å²) in [4.78, 5) is 0. The Kier molecular flexibility index (Phi) is 4.55. The molecule has 48 heavy (non-hydrogen) atoms. The van der Waals surface area contributed by atoms with E-state index in [4.69, 9.17) is 0 Å². The number of fused-ring (bicyclic) bond motifs is 9. The molecule has 0 saturated heterocycles. The summed E-state index contributed by atoms with van der Waals surface area (Å²) in [6, 6.07) is 59.5. The van der Waals surface area contributed by atoms with Crippen molar-refractivity contribution in [2.24, 2.45) is 0 Å². The lowest BCUT2D eigenvalue weighted by Gasteiger charge is -2.19. The van der Waals surface area contributed by atoms with Gasteiger partial charge in [0.25, 0.3) is 0 Å². The molecule has 3 aliphatic rings. The second kappa shape index (κ2) is 8.76. The van der Waals surface area contributed by atoms with E-state index in [1.165, 1.54) is 121 Å². The van der Waals surface area contributed by atoms with E-state index in [-0.39, 0.29) is 0 Å². The highest BCUT2D eigenvalue weighted by molar-refractivity contribution is 6.23. The van der Waals surface area contributed by atoms with E-state index < -0.39 is 0 Å². The van der Waals surface area contributed by atoms with Crippen LogP contribution in [0.15, 0.2) is 158 Å². The van der Waals surface area contributed by atoms with Crippen molar-refractivity contribution in [1.82, 2.24) is 0 Å².